The Hall–Kier alpha value is -0.930. The standard InChI is InChI=1S/C13H18FNO/c1-9-3-4-10(14)7-12(9)13(2,16)8-15-11-5-6-11/h3-4,7,11,15-16H,5-6,8H2,1-2H3. The van der Waals surface area contributed by atoms with Gasteiger partial charge in [0.15, 0.2) is 0 Å². The van der Waals surface area contributed by atoms with Gasteiger partial charge in [-0.1, -0.05) is 6.07 Å². The molecule has 0 heterocycles. The van der Waals surface area contributed by atoms with E-state index in [0.717, 1.165) is 5.56 Å². The summed E-state index contributed by atoms with van der Waals surface area (Å²) in [6.45, 7) is 4.09. The van der Waals surface area contributed by atoms with Gasteiger partial charge in [0.25, 0.3) is 0 Å². The van der Waals surface area contributed by atoms with Gasteiger partial charge in [-0.05, 0) is 49.9 Å². The second kappa shape index (κ2) is 4.15. The maximum Gasteiger partial charge on any atom is 0.123 e. The van der Waals surface area contributed by atoms with Crippen molar-refractivity contribution in [3.63, 3.8) is 0 Å². The minimum absolute atomic E-state index is 0.299. The third kappa shape index (κ3) is 2.60. The van der Waals surface area contributed by atoms with Gasteiger partial charge < -0.3 is 10.4 Å². The number of benzene rings is 1. The van der Waals surface area contributed by atoms with Crippen molar-refractivity contribution < 1.29 is 9.50 Å². The van der Waals surface area contributed by atoms with Crippen molar-refractivity contribution in [1.29, 1.82) is 0 Å². The van der Waals surface area contributed by atoms with Crippen LogP contribution in [0.1, 0.15) is 30.9 Å². The summed E-state index contributed by atoms with van der Waals surface area (Å²) < 4.78 is 13.2. The van der Waals surface area contributed by atoms with E-state index in [1.807, 2.05) is 6.92 Å². The van der Waals surface area contributed by atoms with Gasteiger partial charge in [0.05, 0.1) is 5.60 Å². The van der Waals surface area contributed by atoms with Crippen LogP contribution in [0.3, 0.4) is 0 Å². The molecule has 1 aromatic rings. The van der Waals surface area contributed by atoms with Crippen molar-refractivity contribution in [1.82, 2.24) is 5.32 Å². The van der Waals surface area contributed by atoms with E-state index in [1.165, 1.54) is 25.0 Å². The average Bonchev–Trinajstić information content (AvgIpc) is 3.02. The van der Waals surface area contributed by atoms with E-state index < -0.39 is 5.60 Å². The molecule has 1 atom stereocenters. The van der Waals surface area contributed by atoms with Gasteiger partial charge >= 0.3 is 0 Å². The summed E-state index contributed by atoms with van der Waals surface area (Å²) in [4.78, 5) is 0. The van der Waals surface area contributed by atoms with E-state index >= 15 is 0 Å². The van der Waals surface area contributed by atoms with Crippen LogP contribution >= 0.6 is 0 Å². The monoisotopic (exact) mass is 223 g/mol. The molecular weight excluding hydrogens is 205 g/mol. The molecule has 1 aliphatic carbocycles. The highest BCUT2D eigenvalue weighted by molar-refractivity contribution is 5.31. The van der Waals surface area contributed by atoms with E-state index in [-0.39, 0.29) is 5.82 Å². The van der Waals surface area contributed by atoms with Crippen molar-refractivity contribution in [2.24, 2.45) is 0 Å². The van der Waals surface area contributed by atoms with Crippen molar-refractivity contribution in [2.75, 3.05) is 6.54 Å². The van der Waals surface area contributed by atoms with Gasteiger partial charge in [-0.3, -0.25) is 0 Å². The molecule has 3 heteroatoms. The summed E-state index contributed by atoms with van der Waals surface area (Å²) in [5, 5.41) is 13.6. The van der Waals surface area contributed by atoms with Gasteiger partial charge in [-0.15, -0.1) is 0 Å². The Morgan fingerprint density at radius 2 is 2.19 bits per heavy atom. The third-order valence-electron chi connectivity index (χ3n) is 3.09. The zero-order chi connectivity index (χ0) is 11.8. The Morgan fingerprint density at radius 1 is 1.50 bits per heavy atom. The maximum atomic E-state index is 13.2. The topological polar surface area (TPSA) is 32.3 Å². The predicted molar refractivity (Wildman–Crippen MR) is 61.7 cm³/mol. The Kier molecular flexibility index (Phi) is 3.00. The van der Waals surface area contributed by atoms with Crippen molar-refractivity contribution in [3.05, 3.63) is 35.1 Å². The van der Waals surface area contributed by atoms with Gasteiger partial charge in [-0.2, -0.15) is 0 Å². The predicted octanol–water partition coefficient (Wildman–Crippen LogP) is 2.09. The summed E-state index contributed by atoms with van der Waals surface area (Å²) in [6, 6.07) is 5.09. The molecule has 0 amide bonds. The molecule has 0 bridgehead atoms. The summed E-state index contributed by atoms with van der Waals surface area (Å²) in [5.74, 6) is -0.299. The second-order valence-electron chi connectivity index (χ2n) is 4.89. The van der Waals surface area contributed by atoms with E-state index in [0.29, 0.717) is 18.2 Å². The van der Waals surface area contributed by atoms with Gasteiger partial charge in [0.1, 0.15) is 5.82 Å². The molecule has 0 aliphatic heterocycles. The van der Waals surface area contributed by atoms with Crippen LogP contribution in [-0.2, 0) is 5.60 Å². The first-order chi connectivity index (χ1) is 7.49. The molecule has 88 valence electrons. The largest absolute Gasteiger partial charge is 0.384 e. The van der Waals surface area contributed by atoms with Crippen molar-refractivity contribution >= 4 is 0 Å². The summed E-state index contributed by atoms with van der Waals surface area (Å²) in [7, 11) is 0. The Bertz CT molecular complexity index is 386. The quantitative estimate of drug-likeness (QED) is 0.819. The number of rotatable bonds is 4. The summed E-state index contributed by atoms with van der Waals surface area (Å²) in [6.07, 6.45) is 2.36. The smallest absolute Gasteiger partial charge is 0.123 e. The van der Waals surface area contributed by atoms with Gasteiger partial charge in [-0.25, -0.2) is 4.39 Å². The lowest BCUT2D eigenvalue weighted by Gasteiger charge is -2.26. The molecular formula is C13H18FNO. The highest BCUT2D eigenvalue weighted by Crippen LogP contribution is 2.26. The molecule has 16 heavy (non-hydrogen) atoms. The Morgan fingerprint density at radius 3 is 2.81 bits per heavy atom. The molecule has 2 rings (SSSR count). The van der Waals surface area contributed by atoms with Gasteiger partial charge in [0, 0.05) is 12.6 Å². The fraction of sp³-hybridized carbons (Fsp3) is 0.538. The summed E-state index contributed by atoms with van der Waals surface area (Å²) in [5.41, 5.74) is 0.582. The SMILES string of the molecule is Cc1ccc(F)cc1C(C)(O)CNC1CC1. The molecule has 2 nitrogen and oxygen atoms in total. The zero-order valence-corrected chi connectivity index (χ0v) is 9.76. The van der Waals surface area contributed by atoms with Crippen LogP contribution < -0.4 is 5.32 Å². The molecule has 1 fully saturated rings. The lowest BCUT2D eigenvalue weighted by molar-refractivity contribution is 0.0556. The molecule has 0 aromatic heterocycles. The molecule has 1 aromatic carbocycles. The molecule has 1 aliphatic rings. The maximum absolute atomic E-state index is 13.2. The number of aryl methyl sites for hydroxylation is 1. The van der Waals surface area contributed by atoms with Gasteiger partial charge in [0.2, 0.25) is 0 Å². The number of hydrogen-bond donors (Lipinski definition) is 2. The number of halogens is 1. The first kappa shape index (κ1) is 11.6. The number of nitrogens with one attached hydrogen (secondary N) is 1. The molecule has 2 N–H and O–H groups in total. The van der Waals surface area contributed by atoms with E-state index in [9.17, 15) is 9.50 Å². The Labute approximate surface area is 95.5 Å². The molecule has 1 unspecified atom stereocenters. The van der Waals surface area contributed by atoms with E-state index in [4.69, 9.17) is 0 Å². The van der Waals surface area contributed by atoms with Crippen LogP contribution in [0.4, 0.5) is 4.39 Å². The summed E-state index contributed by atoms with van der Waals surface area (Å²) >= 11 is 0. The highest BCUT2D eigenvalue weighted by atomic mass is 19.1. The molecule has 0 saturated heterocycles. The minimum Gasteiger partial charge on any atom is -0.384 e. The van der Waals surface area contributed by atoms with Crippen LogP contribution in [-0.4, -0.2) is 17.7 Å². The lowest BCUT2D eigenvalue weighted by Crippen LogP contribution is -2.37. The molecule has 0 radical (unpaired) electrons. The molecule has 0 spiro atoms. The normalized spacial score (nSPS) is 19.5. The second-order valence-corrected chi connectivity index (χ2v) is 4.89. The average molecular weight is 223 g/mol. The Balaban J connectivity index is 2.15. The first-order valence-corrected chi connectivity index (χ1v) is 5.71. The fourth-order valence-corrected chi connectivity index (χ4v) is 1.90. The fourth-order valence-electron chi connectivity index (χ4n) is 1.90. The zero-order valence-electron chi connectivity index (χ0n) is 9.76. The van der Waals surface area contributed by atoms with Crippen LogP contribution in [0.5, 0.6) is 0 Å². The third-order valence-corrected chi connectivity index (χ3v) is 3.09. The van der Waals surface area contributed by atoms with Crippen LogP contribution in [0.25, 0.3) is 0 Å². The highest BCUT2D eigenvalue weighted by Gasteiger charge is 2.29. The number of hydrogen-bond acceptors (Lipinski definition) is 2. The van der Waals surface area contributed by atoms with E-state index in [1.54, 1.807) is 13.0 Å². The van der Waals surface area contributed by atoms with Crippen molar-refractivity contribution in [2.45, 2.75) is 38.3 Å². The lowest BCUT2D eigenvalue weighted by atomic mass is 9.92. The number of aliphatic hydroxyl groups is 1. The van der Waals surface area contributed by atoms with Crippen LogP contribution in [0.15, 0.2) is 18.2 Å². The minimum atomic E-state index is -1.01. The van der Waals surface area contributed by atoms with Crippen LogP contribution in [0.2, 0.25) is 0 Å². The molecule has 1 saturated carbocycles. The van der Waals surface area contributed by atoms with Crippen LogP contribution in [0, 0.1) is 12.7 Å². The first-order valence-electron chi connectivity index (χ1n) is 5.71. The van der Waals surface area contributed by atoms with Crippen molar-refractivity contribution in [3.8, 4) is 0 Å². The van der Waals surface area contributed by atoms with E-state index in [2.05, 4.69) is 5.32 Å².